The van der Waals surface area contributed by atoms with Gasteiger partial charge in [0.15, 0.2) is 0 Å². The molecule has 0 bridgehead atoms. The average Bonchev–Trinajstić information content (AvgIpc) is 2.74. The Bertz CT molecular complexity index is 522. The lowest BCUT2D eigenvalue weighted by Crippen LogP contribution is -1.96. The number of thiophene rings is 1. The number of hydrogen-bond donors (Lipinski definition) is 0. The Morgan fingerprint density at radius 2 is 2.06 bits per heavy atom. The molecule has 1 nitrogen and oxygen atoms in total. The summed E-state index contributed by atoms with van der Waals surface area (Å²) in [6, 6.07) is 8.30. The molecule has 4 heteroatoms. The van der Waals surface area contributed by atoms with Crippen LogP contribution in [0.5, 0.6) is 5.75 Å². The first-order chi connectivity index (χ1) is 8.13. The minimum absolute atomic E-state index is 0.159. The zero-order valence-electron chi connectivity index (χ0n) is 9.54. The molecule has 0 saturated heterocycles. The number of halogens is 2. The van der Waals surface area contributed by atoms with Gasteiger partial charge in [-0.15, -0.1) is 11.3 Å². The summed E-state index contributed by atoms with van der Waals surface area (Å²) in [4.78, 5) is 1.42. The van der Waals surface area contributed by atoms with Crippen molar-refractivity contribution in [3.63, 3.8) is 0 Å². The van der Waals surface area contributed by atoms with Crippen LogP contribution in [0.25, 0.3) is 0 Å². The molecule has 2 rings (SSSR count). The number of rotatable bonds is 3. The maximum atomic E-state index is 5.42. The number of methoxy groups -OCH3 is 1. The average molecular weight is 376 g/mol. The van der Waals surface area contributed by atoms with E-state index in [0.29, 0.717) is 0 Å². The Kier molecular flexibility index (Phi) is 4.28. The van der Waals surface area contributed by atoms with Gasteiger partial charge in [0.05, 0.1) is 11.9 Å². The molecule has 0 N–H and O–H groups in total. The molecule has 0 fully saturated rings. The van der Waals surface area contributed by atoms with Gasteiger partial charge in [-0.1, -0.05) is 33.6 Å². The smallest absolute Gasteiger partial charge is 0.123 e. The highest BCUT2D eigenvalue weighted by Gasteiger charge is 2.18. The minimum atomic E-state index is 0.159. The van der Waals surface area contributed by atoms with Gasteiger partial charge < -0.3 is 4.74 Å². The van der Waals surface area contributed by atoms with Gasteiger partial charge in [0.1, 0.15) is 5.75 Å². The highest BCUT2D eigenvalue weighted by atomic mass is 79.9. The van der Waals surface area contributed by atoms with Crippen molar-refractivity contribution in [1.82, 2.24) is 0 Å². The fourth-order valence-electron chi connectivity index (χ4n) is 1.68. The second-order valence-electron chi connectivity index (χ2n) is 3.74. The van der Waals surface area contributed by atoms with Crippen molar-refractivity contribution >= 4 is 43.2 Å². The predicted molar refractivity (Wildman–Crippen MR) is 80.5 cm³/mol. The van der Waals surface area contributed by atoms with Crippen LogP contribution in [-0.4, -0.2) is 7.11 Å². The first kappa shape index (κ1) is 13.1. The Morgan fingerprint density at radius 3 is 2.65 bits per heavy atom. The third kappa shape index (κ3) is 2.75. The molecule has 90 valence electrons. The second kappa shape index (κ2) is 5.55. The lowest BCUT2D eigenvalue weighted by atomic mass is 10.1. The largest absolute Gasteiger partial charge is 0.496 e. The predicted octanol–water partition coefficient (Wildman–Crippen LogP) is 5.31. The fraction of sp³-hybridized carbons (Fsp3) is 0.231. The van der Waals surface area contributed by atoms with Crippen LogP contribution >= 0.6 is 43.2 Å². The van der Waals surface area contributed by atoms with Crippen molar-refractivity contribution in [1.29, 1.82) is 0 Å². The van der Waals surface area contributed by atoms with E-state index in [2.05, 4.69) is 62.4 Å². The van der Waals surface area contributed by atoms with Crippen LogP contribution in [0.2, 0.25) is 0 Å². The summed E-state index contributed by atoms with van der Waals surface area (Å²) in [7, 11) is 1.71. The number of benzene rings is 1. The summed E-state index contributed by atoms with van der Waals surface area (Å²) in [5, 5.41) is 2.08. The Hall–Kier alpha value is -0.320. The number of ether oxygens (including phenoxy) is 1. The molecular formula is C13H12Br2OS. The van der Waals surface area contributed by atoms with Gasteiger partial charge in [-0.3, -0.25) is 0 Å². The Balaban J connectivity index is 2.46. The first-order valence-corrected chi connectivity index (χ1v) is 7.74. The van der Waals surface area contributed by atoms with E-state index in [9.17, 15) is 0 Å². The molecule has 0 amide bonds. The molecule has 1 heterocycles. The van der Waals surface area contributed by atoms with E-state index < -0.39 is 0 Å². The normalized spacial score (nSPS) is 12.5. The summed E-state index contributed by atoms with van der Waals surface area (Å²) in [5.74, 6) is 0.915. The molecule has 0 aliphatic heterocycles. The van der Waals surface area contributed by atoms with Crippen molar-refractivity contribution in [3.8, 4) is 5.75 Å². The number of hydrogen-bond acceptors (Lipinski definition) is 2. The lowest BCUT2D eigenvalue weighted by Gasteiger charge is -2.14. The molecule has 1 aromatic heterocycles. The van der Waals surface area contributed by atoms with E-state index in [0.717, 1.165) is 15.8 Å². The third-order valence-electron chi connectivity index (χ3n) is 2.53. The SMILES string of the molecule is COc1ccc(C)cc1C(Br)c1sccc1Br. The van der Waals surface area contributed by atoms with Gasteiger partial charge in [-0.2, -0.15) is 0 Å². The standard InChI is InChI=1S/C13H12Br2OS/c1-8-3-4-11(16-2)9(7-8)12(15)13-10(14)5-6-17-13/h3-7,12H,1-2H3. The summed E-state index contributed by atoms with van der Waals surface area (Å²) < 4.78 is 6.55. The van der Waals surface area contributed by atoms with Gasteiger partial charge in [0.25, 0.3) is 0 Å². The summed E-state index contributed by atoms with van der Waals surface area (Å²) in [6.07, 6.45) is 0. The molecule has 17 heavy (non-hydrogen) atoms. The van der Waals surface area contributed by atoms with E-state index in [1.807, 2.05) is 6.07 Å². The van der Waals surface area contributed by atoms with Crippen LogP contribution < -0.4 is 4.74 Å². The van der Waals surface area contributed by atoms with E-state index >= 15 is 0 Å². The number of alkyl halides is 1. The topological polar surface area (TPSA) is 9.23 Å². The van der Waals surface area contributed by atoms with Gasteiger partial charge in [-0.05, 0) is 40.4 Å². The third-order valence-corrected chi connectivity index (χ3v) is 5.72. The van der Waals surface area contributed by atoms with Crippen molar-refractivity contribution in [2.75, 3.05) is 7.11 Å². The summed E-state index contributed by atoms with van der Waals surface area (Å²) in [5.41, 5.74) is 2.40. The van der Waals surface area contributed by atoms with E-state index in [-0.39, 0.29) is 4.83 Å². The zero-order valence-corrected chi connectivity index (χ0v) is 13.5. The molecule has 1 atom stereocenters. The molecule has 0 aliphatic rings. The van der Waals surface area contributed by atoms with Gasteiger partial charge in [-0.25, -0.2) is 0 Å². The molecule has 0 saturated carbocycles. The quantitative estimate of drug-likeness (QED) is 0.660. The highest BCUT2D eigenvalue weighted by Crippen LogP contribution is 2.42. The molecule has 1 unspecified atom stereocenters. The van der Waals surface area contributed by atoms with Crippen LogP contribution in [0.4, 0.5) is 0 Å². The first-order valence-electron chi connectivity index (χ1n) is 5.15. The summed E-state index contributed by atoms with van der Waals surface area (Å²) in [6.45, 7) is 2.09. The van der Waals surface area contributed by atoms with Crippen LogP contribution in [0.15, 0.2) is 34.1 Å². The van der Waals surface area contributed by atoms with E-state index in [1.165, 1.54) is 10.4 Å². The van der Waals surface area contributed by atoms with Crippen LogP contribution in [0.3, 0.4) is 0 Å². The Labute approximate surface area is 122 Å². The van der Waals surface area contributed by atoms with Gasteiger partial charge in [0.2, 0.25) is 0 Å². The number of aryl methyl sites for hydroxylation is 1. The van der Waals surface area contributed by atoms with Crippen molar-refractivity contribution in [2.45, 2.75) is 11.8 Å². The fourth-order valence-corrected chi connectivity index (χ4v) is 4.51. The van der Waals surface area contributed by atoms with E-state index in [4.69, 9.17) is 4.74 Å². The lowest BCUT2D eigenvalue weighted by molar-refractivity contribution is 0.410. The molecule has 0 spiro atoms. The van der Waals surface area contributed by atoms with Crippen LogP contribution in [-0.2, 0) is 0 Å². The van der Waals surface area contributed by atoms with Gasteiger partial charge in [0, 0.05) is 14.9 Å². The van der Waals surface area contributed by atoms with Crippen LogP contribution in [0, 0.1) is 6.92 Å². The van der Waals surface area contributed by atoms with Crippen LogP contribution in [0.1, 0.15) is 20.8 Å². The molecule has 0 radical (unpaired) electrons. The minimum Gasteiger partial charge on any atom is -0.496 e. The second-order valence-corrected chi connectivity index (χ2v) is 6.46. The Morgan fingerprint density at radius 1 is 1.29 bits per heavy atom. The molecule has 2 aromatic rings. The van der Waals surface area contributed by atoms with Gasteiger partial charge >= 0.3 is 0 Å². The maximum absolute atomic E-state index is 5.42. The van der Waals surface area contributed by atoms with Crippen molar-refractivity contribution < 1.29 is 4.74 Å². The zero-order chi connectivity index (χ0) is 12.4. The van der Waals surface area contributed by atoms with Crippen molar-refractivity contribution in [2.24, 2.45) is 0 Å². The highest BCUT2D eigenvalue weighted by molar-refractivity contribution is 9.11. The summed E-state index contributed by atoms with van der Waals surface area (Å²) >= 11 is 9.05. The molecule has 0 aliphatic carbocycles. The van der Waals surface area contributed by atoms with Crippen molar-refractivity contribution in [3.05, 3.63) is 50.1 Å². The maximum Gasteiger partial charge on any atom is 0.123 e. The molecular weight excluding hydrogens is 364 g/mol. The molecule has 1 aromatic carbocycles. The monoisotopic (exact) mass is 374 g/mol. The van der Waals surface area contributed by atoms with E-state index in [1.54, 1.807) is 18.4 Å².